The van der Waals surface area contributed by atoms with Gasteiger partial charge in [-0.2, -0.15) is 13.2 Å². The van der Waals surface area contributed by atoms with Crippen LogP contribution < -0.4 is 20.1 Å². The predicted molar refractivity (Wildman–Crippen MR) is 124 cm³/mol. The number of nitrogens with one attached hydrogen (secondary N) is 1. The lowest BCUT2D eigenvalue weighted by atomic mass is 9.89. The molecular weight excluding hydrogens is 469 g/mol. The van der Waals surface area contributed by atoms with Gasteiger partial charge in [-0.05, 0) is 49.5 Å². The molecule has 1 amide bonds. The summed E-state index contributed by atoms with van der Waals surface area (Å²) < 4.78 is 45.0. The number of halogens is 3. The summed E-state index contributed by atoms with van der Waals surface area (Å²) in [5.41, 5.74) is -0.907. The van der Waals surface area contributed by atoms with Crippen molar-refractivity contribution in [2.75, 3.05) is 13.2 Å². The molecule has 6 nitrogen and oxygen atoms in total. The van der Waals surface area contributed by atoms with Gasteiger partial charge in [-0.1, -0.05) is 31.4 Å². The standard InChI is InChI=1S/C24H27F3N2O4S/c1-2-33-22(31)13-21-29(15-20(30)28-14-17-6-4-3-5-7-17)23(32)19(34-21)12-16-8-10-18(11-9-16)24(25,26)27/h8-13,17H,2-7,14-15H2,1H3,(H,28,30)/b19-12-,21-13-. The Morgan fingerprint density at radius 2 is 1.85 bits per heavy atom. The first-order chi connectivity index (χ1) is 16.2. The van der Waals surface area contributed by atoms with Gasteiger partial charge in [-0.25, -0.2) is 4.79 Å². The lowest BCUT2D eigenvalue weighted by Crippen LogP contribution is -2.39. The summed E-state index contributed by atoms with van der Waals surface area (Å²) in [5.74, 6) is -0.572. The highest BCUT2D eigenvalue weighted by Crippen LogP contribution is 2.29. The van der Waals surface area contributed by atoms with Crippen LogP contribution in [0.2, 0.25) is 0 Å². The average molecular weight is 497 g/mol. The highest BCUT2D eigenvalue weighted by molar-refractivity contribution is 7.07. The Balaban J connectivity index is 1.88. The topological polar surface area (TPSA) is 77.4 Å². The van der Waals surface area contributed by atoms with E-state index in [1.54, 1.807) is 6.92 Å². The van der Waals surface area contributed by atoms with Crippen LogP contribution in [-0.4, -0.2) is 29.6 Å². The lowest BCUT2D eigenvalue weighted by molar-refractivity contribution is -0.137. The van der Waals surface area contributed by atoms with Crippen molar-refractivity contribution in [2.45, 2.75) is 51.7 Å². The fraction of sp³-hybridized carbons (Fsp3) is 0.458. The second-order valence-corrected chi connectivity index (χ2v) is 9.23. The van der Waals surface area contributed by atoms with Gasteiger partial charge in [-0.15, -0.1) is 11.3 Å². The number of hydrogen-bond donors (Lipinski definition) is 1. The number of nitrogens with zero attached hydrogens (tertiary/aromatic N) is 1. The maximum atomic E-state index is 13.0. The summed E-state index contributed by atoms with van der Waals surface area (Å²) in [7, 11) is 0. The van der Waals surface area contributed by atoms with Gasteiger partial charge in [0.2, 0.25) is 5.91 Å². The maximum absolute atomic E-state index is 13.0. The molecule has 0 bridgehead atoms. The molecule has 2 aromatic rings. The Kier molecular flexibility index (Phi) is 8.71. The molecule has 1 aromatic heterocycles. The number of rotatable bonds is 7. The molecule has 1 aromatic carbocycles. The molecular formula is C24H27F3N2O4S. The Labute approximate surface area is 198 Å². The molecule has 3 rings (SSSR count). The van der Waals surface area contributed by atoms with E-state index < -0.39 is 23.3 Å². The zero-order valence-electron chi connectivity index (χ0n) is 18.8. The number of ether oxygens (including phenoxy) is 1. The number of aromatic nitrogens is 1. The van der Waals surface area contributed by atoms with Crippen molar-refractivity contribution in [1.82, 2.24) is 9.88 Å². The normalized spacial score (nSPS) is 16.0. The van der Waals surface area contributed by atoms with Gasteiger partial charge >= 0.3 is 12.1 Å². The van der Waals surface area contributed by atoms with Crippen molar-refractivity contribution >= 4 is 35.4 Å². The van der Waals surface area contributed by atoms with Crippen molar-refractivity contribution in [3.05, 3.63) is 54.9 Å². The largest absolute Gasteiger partial charge is 0.463 e. The molecule has 0 atom stereocenters. The summed E-state index contributed by atoms with van der Waals surface area (Å²) in [4.78, 5) is 37.6. The number of benzene rings is 1. The minimum Gasteiger partial charge on any atom is -0.463 e. The second kappa shape index (κ2) is 11.5. The Morgan fingerprint density at radius 3 is 2.47 bits per heavy atom. The molecule has 1 aliphatic carbocycles. The van der Waals surface area contributed by atoms with E-state index in [9.17, 15) is 27.6 Å². The fourth-order valence-corrected chi connectivity index (χ4v) is 4.88. The van der Waals surface area contributed by atoms with Gasteiger partial charge in [0, 0.05) is 6.54 Å². The quantitative estimate of drug-likeness (QED) is 0.598. The van der Waals surface area contributed by atoms with Crippen molar-refractivity contribution in [2.24, 2.45) is 5.92 Å². The van der Waals surface area contributed by atoms with Gasteiger partial charge < -0.3 is 10.1 Å². The third-order valence-corrected chi connectivity index (χ3v) is 6.67. The van der Waals surface area contributed by atoms with Gasteiger partial charge in [-0.3, -0.25) is 14.2 Å². The predicted octanol–water partition coefficient (Wildman–Crippen LogP) is 2.80. The molecule has 0 spiro atoms. The van der Waals surface area contributed by atoms with Crippen LogP contribution in [0, 0.1) is 5.92 Å². The Hall–Kier alpha value is -2.88. The number of thiazole rings is 1. The molecule has 1 N–H and O–H groups in total. The fourth-order valence-electron chi connectivity index (χ4n) is 3.85. The number of hydrogen-bond acceptors (Lipinski definition) is 5. The van der Waals surface area contributed by atoms with E-state index in [4.69, 9.17) is 4.74 Å². The zero-order chi connectivity index (χ0) is 24.7. The zero-order valence-corrected chi connectivity index (χ0v) is 19.6. The van der Waals surface area contributed by atoms with E-state index in [0.29, 0.717) is 18.0 Å². The van der Waals surface area contributed by atoms with Crippen LogP contribution in [0.25, 0.3) is 12.2 Å². The number of esters is 1. The third-order valence-electron chi connectivity index (χ3n) is 5.61. The molecule has 1 saturated carbocycles. The summed E-state index contributed by atoms with van der Waals surface area (Å²) in [5, 5.41) is 2.87. The first-order valence-corrected chi connectivity index (χ1v) is 12.0. The maximum Gasteiger partial charge on any atom is 0.416 e. The summed E-state index contributed by atoms with van der Waals surface area (Å²) in [6.07, 6.45) is 3.75. The number of carbonyl (C=O) groups is 2. The van der Waals surface area contributed by atoms with Crippen LogP contribution in [-0.2, 0) is 27.0 Å². The average Bonchev–Trinajstić information content (AvgIpc) is 3.07. The Morgan fingerprint density at radius 1 is 1.18 bits per heavy atom. The van der Waals surface area contributed by atoms with E-state index in [-0.39, 0.29) is 28.3 Å². The molecule has 1 aliphatic rings. The Bertz CT molecular complexity index is 1180. The van der Waals surface area contributed by atoms with Gasteiger partial charge in [0.1, 0.15) is 11.2 Å². The molecule has 0 radical (unpaired) electrons. The van der Waals surface area contributed by atoms with Crippen LogP contribution in [0.5, 0.6) is 0 Å². The van der Waals surface area contributed by atoms with Gasteiger partial charge in [0.25, 0.3) is 5.56 Å². The summed E-state index contributed by atoms with van der Waals surface area (Å²) in [6, 6.07) is 4.39. The van der Waals surface area contributed by atoms with Crippen molar-refractivity contribution in [1.29, 1.82) is 0 Å². The van der Waals surface area contributed by atoms with E-state index >= 15 is 0 Å². The number of alkyl halides is 3. The monoisotopic (exact) mass is 496 g/mol. The highest BCUT2D eigenvalue weighted by Gasteiger charge is 2.29. The molecule has 1 fully saturated rings. The van der Waals surface area contributed by atoms with Crippen LogP contribution in [0.4, 0.5) is 13.2 Å². The first kappa shape index (κ1) is 25.7. The molecule has 0 unspecified atom stereocenters. The SMILES string of the molecule is CCOC(=O)/C=c1\s/c(=C\c2ccc(C(F)(F)F)cc2)c(=O)n1CC(=O)NCC1CCCCC1. The molecule has 10 heteroatoms. The van der Waals surface area contributed by atoms with E-state index in [0.717, 1.165) is 55.2 Å². The highest BCUT2D eigenvalue weighted by atomic mass is 32.1. The van der Waals surface area contributed by atoms with Crippen LogP contribution >= 0.6 is 11.3 Å². The van der Waals surface area contributed by atoms with E-state index in [1.807, 2.05) is 0 Å². The second-order valence-electron chi connectivity index (χ2n) is 8.16. The van der Waals surface area contributed by atoms with Crippen molar-refractivity contribution in [3.8, 4) is 0 Å². The smallest absolute Gasteiger partial charge is 0.416 e. The minimum atomic E-state index is -4.46. The molecule has 0 saturated heterocycles. The summed E-state index contributed by atoms with van der Waals surface area (Å²) >= 11 is 0.969. The molecule has 184 valence electrons. The van der Waals surface area contributed by atoms with Crippen LogP contribution in [0.15, 0.2) is 29.1 Å². The van der Waals surface area contributed by atoms with Gasteiger partial charge in [0.05, 0.1) is 22.8 Å². The molecule has 1 heterocycles. The van der Waals surface area contributed by atoms with Crippen LogP contribution in [0.3, 0.4) is 0 Å². The third kappa shape index (κ3) is 7.06. The number of amides is 1. The van der Waals surface area contributed by atoms with Crippen molar-refractivity contribution in [3.63, 3.8) is 0 Å². The number of carbonyl (C=O) groups excluding carboxylic acids is 2. The first-order valence-electron chi connectivity index (χ1n) is 11.2. The molecule has 0 aliphatic heterocycles. The van der Waals surface area contributed by atoms with Gasteiger partial charge in [0.15, 0.2) is 0 Å². The van der Waals surface area contributed by atoms with Crippen molar-refractivity contribution < 1.29 is 27.5 Å². The lowest BCUT2D eigenvalue weighted by Gasteiger charge is -2.21. The van der Waals surface area contributed by atoms with E-state index in [2.05, 4.69) is 5.32 Å². The molecule has 34 heavy (non-hydrogen) atoms. The minimum absolute atomic E-state index is 0.150. The van der Waals surface area contributed by atoms with E-state index in [1.165, 1.54) is 29.2 Å². The summed E-state index contributed by atoms with van der Waals surface area (Å²) in [6.45, 7) is 2.07. The van der Waals surface area contributed by atoms with Crippen LogP contribution in [0.1, 0.15) is 50.2 Å².